The molecule has 0 unspecified atom stereocenters. The number of carbonyl (C=O) groups excluding carboxylic acids is 1. The topological polar surface area (TPSA) is 70.6 Å². The number of alkyl halides is 3. The van der Waals surface area contributed by atoms with Gasteiger partial charge in [-0.05, 0) is 36.8 Å². The minimum atomic E-state index is -4.86. The molecule has 1 aliphatic carbocycles. The number of hydrogen-bond donors (Lipinski definition) is 0. The molecular weight excluding hydrogens is 371 g/mol. The Hall–Kier alpha value is -1.68. The molecule has 0 aromatic carbocycles. The fourth-order valence-corrected chi connectivity index (χ4v) is 5.49. The zero-order chi connectivity index (χ0) is 19.3. The lowest BCUT2D eigenvalue weighted by Gasteiger charge is -2.31. The van der Waals surface area contributed by atoms with E-state index >= 15 is 0 Å². The fourth-order valence-electron chi connectivity index (χ4n) is 3.95. The van der Waals surface area contributed by atoms with Crippen LogP contribution >= 0.6 is 0 Å². The van der Waals surface area contributed by atoms with Crippen molar-refractivity contribution in [1.29, 1.82) is 0 Å². The summed E-state index contributed by atoms with van der Waals surface area (Å²) in [5, 5.41) is 0. The second-order valence-electron chi connectivity index (χ2n) is 6.99. The lowest BCUT2D eigenvalue weighted by Crippen LogP contribution is -2.40. The van der Waals surface area contributed by atoms with Crippen molar-refractivity contribution in [2.75, 3.05) is 20.6 Å². The SMILES string of the molecule is CN1C[C@H]2C[C@@H](N(C)S(=O)(=O)c3cccnc3C(F)(F)F)C[C@H]2CC1=O. The highest BCUT2D eigenvalue weighted by Gasteiger charge is 2.46. The van der Waals surface area contributed by atoms with Gasteiger partial charge in [-0.1, -0.05) is 0 Å². The predicted molar refractivity (Wildman–Crippen MR) is 86.4 cm³/mol. The molecule has 0 spiro atoms. The third-order valence-corrected chi connectivity index (χ3v) is 7.34. The van der Waals surface area contributed by atoms with Gasteiger partial charge in [-0.15, -0.1) is 0 Å². The quantitative estimate of drug-likeness (QED) is 0.790. The van der Waals surface area contributed by atoms with Crippen LogP contribution in [0.25, 0.3) is 0 Å². The van der Waals surface area contributed by atoms with Crippen molar-refractivity contribution < 1.29 is 26.4 Å². The predicted octanol–water partition coefficient (Wildman–Crippen LogP) is 1.98. The van der Waals surface area contributed by atoms with E-state index in [1.165, 1.54) is 13.1 Å². The van der Waals surface area contributed by atoms with Gasteiger partial charge in [0.1, 0.15) is 4.90 Å². The largest absolute Gasteiger partial charge is 0.434 e. The highest BCUT2D eigenvalue weighted by molar-refractivity contribution is 7.89. The maximum Gasteiger partial charge on any atom is 0.434 e. The normalized spacial score (nSPS) is 27.1. The van der Waals surface area contributed by atoms with Crippen LogP contribution in [0.1, 0.15) is 25.0 Å². The summed E-state index contributed by atoms with van der Waals surface area (Å²) in [6.07, 6.45) is -2.58. The molecule has 3 rings (SSSR count). The van der Waals surface area contributed by atoms with Gasteiger partial charge < -0.3 is 4.90 Å². The first-order valence-corrected chi connectivity index (χ1v) is 9.70. The van der Waals surface area contributed by atoms with E-state index in [4.69, 9.17) is 0 Å². The standard InChI is InChI=1S/C16H20F3N3O3S/c1-21-9-11-7-12(6-10(11)8-14(21)23)22(2)26(24,25)13-4-3-5-20-15(13)16(17,18)19/h3-5,10-12H,6-9H2,1-2H3/t10-,11+,12-/m0/s1. The van der Waals surface area contributed by atoms with Crippen molar-refractivity contribution in [2.24, 2.45) is 11.8 Å². The molecule has 2 heterocycles. The Morgan fingerprint density at radius 1 is 1.27 bits per heavy atom. The molecule has 1 saturated heterocycles. The zero-order valence-corrected chi connectivity index (χ0v) is 15.2. The average Bonchev–Trinajstić information content (AvgIpc) is 2.96. The number of carbonyl (C=O) groups is 1. The highest BCUT2D eigenvalue weighted by Crippen LogP contribution is 2.42. The van der Waals surface area contributed by atoms with Crippen molar-refractivity contribution in [3.63, 3.8) is 0 Å². The van der Waals surface area contributed by atoms with Gasteiger partial charge >= 0.3 is 6.18 Å². The van der Waals surface area contributed by atoms with Crippen molar-refractivity contribution >= 4 is 15.9 Å². The van der Waals surface area contributed by atoms with Crippen LogP contribution < -0.4 is 0 Å². The molecule has 6 nitrogen and oxygen atoms in total. The molecule has 1 aliphatic heterocycles. The second-order valence-corrected chi connectivity index (χ2v) is 8.96. The van der Waals surface area contributed by atoms with Gasteiger partial charge in [0, 0.05) is 39.3 Å². The number of piperidine rings is 1. The van der Waals surface area contributed by atoms with Crippen LogP contribution in [0.2, 0.25) is 0 Å². The van der Waals surface area contributed by atoms with E-state index in [1.54, 1.807) is 11.9 Å². The maximum absolute atomic E-state index is 13.2. The minimum Gasteiger partial charge on any atom is -0.345 e. The number of rotatable bonds is 3. The molecule has 1 aromatic heterocycles. The number of halogens is 3. The van der Waals surface area contributed by atoms with Gasteiger partial charge in [0.25, 0.3) is 0 Å². The number of hydrogen-bond acceptors (Lipinski definition) is 4. The van der Waals surface area contributed by atoms with E-state index in [-0.39, 0.29) is 17.7 Å². The Morgan fingerprint density at radius 3 is 2.58 bits per heavy atom. The molecule has 2 aliphatic rings. The molecule has 1 aromatic rings. The van der Waals surface area contributed by atoms with E-state index in [0.717, 1.165) is 16.6 Å². The summed E-state index contributed by atoms with van der Waals surface area (Å²) in [5.74, 6) is 0.248. The van der Waals surface area contributed by atoms with Crippen LogP contribution in [0.3, 0.4) is 0 Å². The summed E-state index contributed by atoms with van der Waals surface area (Å²) in [7, 11) is -1.35. The zero-order valence-electron chi connectivity index (χ0n) is 14.4. The Kier molecular flexibility index (Phi) is 4.76. The monoisotopic (exact) mass is 391 g/mol. The Balaban J connectivity index is 1.87. The van der Waals surface area contributed by atoms with E-state index in [2.05, 4.69) is 4.98 Å². The molecule has 1 amide bonds. The van der Waals surface area contributed by atoms with Crippen LogP contribution in [0.5, 0.6) is 0 Å². The van der Waals surface area contributed by atoms with Gasteiger partial charge in [0.2, 0.25) is 15.9 Å². The van der Waals surface area contributed by atoms with E-state index in [0.29, 0.717) is 25.8 Å². The van der Waals surface area contributed by atoms with Crippen LogP contribution in [-0.2, 0) is 21.0 Å². The van der Waals surface area contributed by atoms with Gasteiger partial charge in [-0.3, -0.25) is 9.78 Å². The van der Waals surface area contributed by atoms with Crippen molar-refractivity contribution in [3.05, 3.63) is 24.0 Å². The number of pyridine rings is 1. The molecule has 0 bridgehead atoms. The van der Waals surface area contributed by atoms with E-state index in [1.807, 2.05) is 0 Å². The molecule has 26 heavy (non-hydrogen) atoms. The third kappa shape index (κ3) is 3.32. The molecule has 3 atom stereocenters. The first kappa shape index (κ1) is 19.1. The number of nitrogens with zero attached hydrogens (tertiary/aromatic N) is 3. The molecular formula is C16H20F3N3O3S. The number of sulfonamides is 1. The summed E-state index contributed by atoms with van der Waals surface area (Å²) >= 11 is 0. The molecule has 144 valence electrons. The van der Waals surface area contributed by atoms with Crippen molar-refractivity contribution in [1.82, 2.24) is 14.2 Å². The fraction of sp³-hybridized carbons (Fsp3) is 0.625. The molecule has 0 radical (unpaired) electrons. The van der Waals surface area contributed by atoms with Gasteiger partial charge in [-0.25, -0.2) is 8.42 Å². The molecule has 2 fully saturated rings. The molecule has 10 heteroatoms. The lowest BCUT2D eigenvalue weighted by molar-refractivity contribution is -0.143. The minimum absolute atomic E-state index is 0.0176. The average molecular weight is 391 g/mol. The van der Waals surface area contributed by atoms with Gasteiger partial charge in [0.15, 0.2) is 5.69 Å². The summed E-state index contributed by atoms with van der Waals surface area (Å²) in [6, 6.07) is 1.68. The van der Waals surface area contributed by atoms with Crippen LogP contribution in [0, 0.1) is 11.8 Å². The van der Waals surface area contributed by atoms with E-state index in [9.17, 15) is 26.4 Å². The summed E-state index contributed by atoms with van der Waals surface area (Å²) in [6.45, 7) is 0.550. The number of aromatic nitrogens is 1. The van der Waals surface area contributed by atoms with Crippen molar-refractivity contribution in [3.8, 4) is 0 Å². The third-order valence-electron chi connectivity index (χ3n) is 5.40. The summed E-state index contributed by atoms with van der Waals surface area (Å²) < 4.78 is 66.2. The van der Waals surface area contributed by atoms with Gasteiger partial charge in [0.05, 0.1) is 0 Å². The number of amides is 1. The summed E-state index contributed by atoms with van der Waals surface area (Å²) in [4.78, 5) is 15.9. The van der Waals surface area contributed by atoms with E-state index < -0.39 is 32.8 Å². The molecule has 1 saturated carbocycles. The lowest BCUT2D eigenvalue weighted by atomic mass is 9.88. The summed E-state index contributed by atoms with van der Waals surface area (Å²) in [5.41, 5.74) is -1.41. The maximum atomic E-state index is 13.2. The first-order chi connectivity index (χ1) is 12.0. The smallest absolute Gasteiger partial charge is 0.345 e. The van der Waals surface area contributed by atoms with Gasteiger partial charge in [-0.2, -0.15) is 17.5 Å². The Bertz CT molecular complexity index is 812. The second kappa shape index (κ2) is 6.49. The number of fused-ring (bicyclic) bond motifs is 1. The Labute approximate surface area is 150 Å². The number of likely N-dealkylation sites (tertiary alicyclic amines) is 1. The van der Waals surface area contributed by atoms with Crippen molar-refractivity contribution in [2.45, 2.75) is 36.4 Å². The molecule has 0 N–H and O–H groups in total. The van der Waals surface area contributed by atoms with Crippen LogP contribution in [-0.4, -0.2) is 55.2 Å². The van der Waals surface area contributed by atoms with Crippen LogP contribution in [0.4, 0.5) is 13.2 Å². The van der Waals surface area contributed by atoms with Crippen LogP contribution in [0.15, 0.2) is 23.2 Å². The Morgan fingerprint density at radius 2 is 1.92 bits per heavy atom. The first-order valence-electron chi connectivity index (χ1n) is 8.26. The highest BCUT2D eigenvalue weighted by atomic mass is 32.2.